The number of hydrogen-bond donors (Lipinski definition) is 2. The number of fused-ring (bicyclic) bond motifs is 1. The highest BCUT2D eigenvalue weighted by atomic mass is 19.4. The summed E-state index contributed by atoms with van der Waals surface area (Å²) in [4.78, 5) is 17.6. The Hall–Kier alpha value is -3.56. The molecular weight excluding hydrogens is 581 g/mol. The second-order valence-electron chi connectivity index (χ2n) is 13.0. The van der Waals surface area contributed by atoms with E-state index in [-0.39, 0.29) is 30.2 Å². The number of aromatic hydroxyl groups is 1. The van der Waals surface area contributed by atoms with Crippen molar-refractivity contribution >= 4 is 5.91 Å². The molecule has 240 valence electrons. The van der Waals surface area contributed by atoms with Gasteiger partial charge in [0.1, 0.15) is 0 Å². The largest absolute Gasteiger partial charge is 0.504 e. The van der Waals surface area contributed by atoms with Crippen LogP contribution in [0.15, 0.2) is 66.7 Å². The van der Waals surface area contributed by atoms with Gasteiger partial charge in [0.2, 0.25) is 5.91 Å². The minimum absolute atomic E-state index is 0.0426. The zero-order valence-corrected chi connectivity index (χ0v) is 25.8. The quantitative estimate of drug-likeness (QED) is 0.327. The Morgan fingerprint density at radius 1 is 1.02 bits per heavy atom. The highest BCUT2D eigenvalue weighted by molar-refractivity contribution is 5.76. The molecule has 1 saturated carbocycles. The summed E-state index contributed by atoms with van der Waals surface area (Å²) in [6.07, 6.45) is -0.0488. The van der Waals surface area contributed by atoms with E-state index in [9.17, 15) is 28.2 Å². The number of piperidine rings is 1. The number of carbonyl (C=O) groups excluding carboxylic acids is 1. The highest BCUT2D eigenvalue weighted by Crippen LogP contribution is 2.61. The molecule has 0 spiro atoms. The van der Waals surface area contributed by atoms with Crippen molar-refractivity contribution in [2.75, 3.05) is 27.2 Å². The number of phenols is 1. The number of likely N-dealkylation sites (tertiary alicyclic amines) is 1. The molecule has 4 atom stereocenters. The van der Waals surface area contributed by atoms with Crippen LogP contribution in [0.3, 0.4) is 0 Å². The van der Waals surface area contributed by atoms with E-state index in [1.807, 2.05) is 24.3 Å². The van der Waals surface area contributed by atoms with E-state index in [1.165, 1.54) is 17.7 Å². The Labute approximate surface area is 262 Å². The second kappa shape index (κ2) is 12.0. The van der Waals surface area contributed by atoms with Crippen molar-refractivity contribution in [2.24, 2.45) is 0 Å². The summed E-state index contributed by atoms with van der Waals surface area (Å²) >= 11 is 0. The molecule has 1 saturated heterocycles. The normalized spacial score (nSPS) is 26.1. The van der Waals surface area contributed by atoms with Gasteiger partial charge in [-0.15, -0.1) is 0 Å². The van der Waals surface area contributed by atoms with Gasteiger partial charge in [-0.2, -0.15) is 13.2 Å². The molecule has 1 unspecified atom stereocenters. The zero-order valence-electron chi connectivity index (χ0n) is 25.8. The third-order valence-electron chi connectivity index (χ3n) is 10.8. The monoisotopic (exact) mass is 622 g/mol. The summed E-state index contributed by atoms with van der Waals surface area (Å²) in [5.74, 6) is 0.359. The molecule has 1 aliphatic heterocycles. The minimum Gasteiger partial charge on any atom is -0.504 e. The fraction of sp³-hybridized carbons (Fsp3) is 0.472. The number of ether oxygens (including phenoxy) is 1. The molecule has 3 aromatic rings. The minimum atomic E-state index is -4.40. The van der Waals surface area contributed by atoms with Crippen LogP contribution in [0.25, 0.3) is 0 Å². The maximum atomic E-state index is 13.5. The topological polar surface area (TPSA) is 73.2 Å². The first kappa shape index (κ1) is 31.4. The Balaban J connectivity index is 1.24. The molecule has 0 aromatic heterocycles. The van der Waals surface area contributed by atoms with Crippen molar-refractivity contribution < 1.29 is 32.9 Å². The van der Waals surface area contributed by atoms with Crippen LogP contribution >= 0.6 is 0 Å². The zero-order chi connectivity index (χ0) is 32.0. The Morgan fingerprint density at radius 3 is 2.42 bits per heavy atom. The summed E-state index contributed by atoms with van der Waals surface area (Å²) in [6, 6.07) is 18.7. The number of nitrogens with zero attached hydrogens (tertiary/aromatic N) is 2. The molecule has 3 aliphatic rings. The fourth-order valence-electron chi connectivity index (χ4n) is 8.37. The predicted molar refractivity (Wildman–Crippen MR) is 165 cm³/mol. The van der Waals surface area contributed by atoms with E-state index >= 15 is 0 Å². The predicted octanol–water partition coefficient (Wildman–Crippen LogP) is 5.91. The Kier molecular flexibility index (Phi) is 8.37. The van der Waals surface area contributed by atoms with Crippen molar-refractivity contribution in [3.8, 4) is 11.5 Å². The number of rotatable bonds is 8. The molecule has 1 amide bonds. The van der Waals surface area contributed by atoms with Gasteiger partial charge in [-0.25, -0.2) is 0 Å². The standard InChI is InChI=1S/C36H41F3N2O4/c1-40(31(43)15-10-25-8-12-27(13-9-25)36(37,38)39)28-16-18-35(44)30-22-26-11-14-29(42)33(45-2)32(26)34(35,23-28)19-21-41(30)20-17-24-6-4-3-5-7-24/h3-9,11-14,28,30,42,44H,10,15-23H2,1-2H3/t28?,30-,34-,35-/m1/s1. The third kappa shape index (κ3) is 5.58. The summed E-state index contributed by atoms with van der Waals surface area (Å²) in [6.45, 7) is 1.60. The molecule has 2 N–H and O–H groups in total. The SMILES string of the molecule is COc1c(O)ccc2c1[C@]13CCN(CCc4ccccc4)[C@H](C2)[C@]1(O)CCC(N(C)C(=O)CCc1ccc(C(F)(F)F)cc1)C3. The molecule has 3 aromatic carbocycles. The van der Waals surface area contributed by atoms with Gasteiger partial charge in [0.15, 0.2) is 11.5 Å². The van der Waals surface area contributed by atoms with E-state index < -0.39 is 22.8 Å². The average molecular weight is 623 g/mol. The van der Waals surface area contributed by atoms with E-state index in [0.29, 0.717) is 49.8 Å². The number of halogens is 3. The van der Waals surface area contributed by atoms with E-state index in [2.05, 4.69) is 17.0 Å². The van der Waals surface area contributed by atoms with Gasteiger partial charge >= 0.3 is 6.18 Å². The first-order chi connectivity index (χ1) is 21.5. The molecule has 2 aliphatic carbocycles. The number of phenolic OH excluding ortho intramolecular Hbond substituents is 1. The summed E-state index contributed by atoms with van der Waals surface area (Å²) in [7, 11) is 3.33. The maximum absolute atomic E-state index is 13.5. The number of aryl methyl sites for hydroxylation is 1. The summed E-state index contributed by atoms with van der Waals surface area (Å²) in [5, 5.41) is 23.7. The van der Waals surface area contributed by atoms with Gasteiger partial charge < -0.3 is 19.8 Å². The first-order valence-electron chi connectivity index (χ1n) is 15.8. The van der Waals surface area contributed by atoms with E-state index in [1.54, 1.807) is 25.1 Å². The molecule has 2 fully saturated rings. The lowest BCUT2D eigenvalue weighted by Crippen LogP contribution is -2.74. The number of methoxy groups -OCH3 is 1. The molecule has 1 heterocycles. The van der Waals surface area contributed by atoms with Gasteiger partial charge in [-0.05, 0) is 86.4 Å². The van der Waals surface area contributed by atoms with Crippen LogP contribution in [-0.2, 0) is 35.6 Å². The van der Waals surface area contributed by atoms with Crippen LogP contribution in [0.5, 0.6) is 11.5 Å². The van der Waals surface area contributed by atoms with Crippen LogP contribution in [-0.4, -0.2) is 70.9 Å². The van der Waals surface area contributed by atoms with E-state index in [4.69, 9.17) is 4.74 Å². The van der Waals surface area contributed by atoms with Gasteiger partial charge in [-0.3, -0.25) is 9.69 Å². The van der Waals surface area contributed by atoms with Gasteiger partial charge in [0.25, 0.3) is 0 Å². The average Bonchev–Trinajstić information content (AvgIpc) is 3.03. The second-order valence-corrected chi connectivity index (χ2v) is 13.0. The number of benzene rings is 3. The molecule has 9 heteroatoms. The fourth-order valence-corrected chi connectivity index (χ4v) is 8.37. The van der Waals surface area contributed by atoms with Crippen molar-refractivity contribution in [2.45, 2.75) is 80.6 Å². The van der Waals surface area contributed by atoms with E-state index in [0.717, 1.165) is 42.8 Å². The maximum Gasteiger partial charge on any atom is 0.416 e. The van der Waals surface area contributed by atoms with Crippen LogP contribution < -0.4 is 4.74 Å². The van der Waals surface area contributed by atoms with Crippen molar-refractivity contribution in [1.29, 1.82) is 0 Å². The number of carbonyl (C=O) groups is 1. The van der Waals surface area contributed by atoms with Crippen LogP contribution in [0, 0.1) is 0 Å². The van der Waals surface area contributed by atoms with Crippen LogP contribution in [0.2, 0.25) is 0 Å². The molecular formula is C36H41F3N2O4. The Bertz CT molecular complexity index is 1530. The van der Waals surface area contributed by atoms with Gasteiger partial charge in [0.05, 0.1) is 18.3 Å². The van der Waals surface area contributed by atoms with Gasteiger partial charge in [-0.1, -0.05) is 48.5 Å². The lowest BCUT2D eigenvalue weighted by Gasteiger charge is -2.65. The highest BCUT2D eigenvalue weighted by Gasteiger charge is 2.66. The lowest BCUT2D eigenvalue weighted by molar-refractivity contribution is -0.178. The van der Waals surface area contributed by atoms with Crippen molar-refractivity contribution in [1.82, 2.24) is 9.80 Å². The van der Waals surface area contributed by atoms with Crippen LogP contribution in [0.4, 0.5) is 13.2 Å². The number of aliphatic hydroxyl groups is 1. The molecule has 6 nitrogen and oxygen atoms in total. The molecule has 0 radical (unpaired) electrons. The lowest BCUT2D eigenvalue weighted by atomic mass is 9.48. The number of alkyl halides is 3. The third-order valence-corrected chi connectivity index (χ3v) is 10.8. The van der Waals surface area contributed by atoms with Crippen molar-refractivity contribution in [3.05, 3.63) is 94.5 Å². The number of hydrogen-bond acceptors (Lipinski definition) is 5. The smallest absolute Gasteiger partial charge is 0.416 e. The van der Waals surface area contributed by atoms with Gasteiger partial charge in [0, 0.05) is 43.1 Å². The van der Waals surface area contributed by atoms with Crippen LogP contribution in [0.1, 0.15) is 59.9 Å². The Morgan fingerprint density at radius 2 is 1.73 bits per heavy atom. The summed E-state index contributed by atoms with van der Waals surface area (Å²) < 4.78 is 44.7. The molecule has 6 rings (SSSR count). The number of amides is 1. The molecule has 2 bridgehead atoms. The van der Waals surface area contributed by atoms with Crippen molar-refractivity contribution in [3.63, 3.8) is 0 Å². The first-order valence-corrected chi connectivity index (χ1v) is 15.8. The summed E-state index contributed by atoms with van der Waals surface area (Å²) in [5.41, 5.74) is 1.35. The molecule has 45 heavy (non-hydrogen) atoms.